The molecule has 5 N–H and O–H groups in total. The van der Waals surface area contributed by atoms with Gasteiger partial charge in [-0.1, -0.05) is 133 Å². The van der Waals surface area contributed by atoms with Crippen LogP contribution >= 0.6 is 0 Å². The molecule has 5 aliphatic rings. The predicted molar refractivity (Wildman–Crippen MR) is 283 cm³/mol. The number of nitrogens with one attached hydrogen (secondary N) is 1. The average Bonchev–Trinajstić information content (AvgIpc) is 3.94. The van der Waals surface area contributed by atoms with Crippen LogP contribution in [-0.4, -0.2) is 130 Å². The van der Waals surface area contributed by atoms with E-state index in [9.17, 15) is 34.8 Å². The summed E-state index contributed by atoms with van der Waals surface area (Å²) >= 11 is 0. The van der Waals surface area contributed by atoms with E-state index in [1.807, 2.05) is 0 Å². The number of benzene rings is 2. The van der Waals surface area contributed by atoms with Crippen molar-refractivity contribution in [3.63, 3.8) is 0 Å². The number of amides is 1. The first-order valence-corrected chi connectivity index (χ1v) is 28.0. The Hall–Kier alpha value is -5.01. The molecule has 2 aromatic rings. The molecule has 2 aromatic carbocycles. The number of rotatable bonds is 25. The van der Waals surface area contributed by atoms with Gasteiger partial charge in [-0.05, 0) is 81.2 Å². The van der Waals surface area contributed by atoms with Crippen LogP contribution in [-0.2, 0) is 47.5 Å². The van der Waals surface area contributed by atoms with Gasteiger partial charge >= 0.3 is 18.1 Å². The van der Waals surface area contributed by atoms with Gasteiger partial charge in [0, 0.05) is 36.7 Å². The molecule has 77 heavy (non-hydrogen) atoms. The van der Waals surface area contributed by atoms with Crippen molar-refractivity contribution in [2.24, 2.45) is 16.7 Å². The number of carbonyl (C=O) groups is 5. The van der Waals surface area contributed by atoms with Crippen molar-refractivity contribution >= 4 is 29.8 Å². The molecule has 3 aliphatic carbocycles. The smallest absolute Gasteiger partial charge is 0.455 e. The zero-order valence-corrected chi connectivity index (χ0v) is 45.8. The number of carbonyl (C=O) groups excluding carboxylic acids is 5. The summed E-state index contributed by atoms with van der Waals surface area (Å²) in [7, 11) is 0. The molecule has 0 aromatic heterocycles. The van der Waals surface area contributed by atoms with Crippen LogP contribution < -0.4 is 5.32 Å². The SMILES string of the molecule is CCCCCCCC/C=C\CCCCCCC[C@@H]1OC[C@@H](COC(=O)O[C@@H](C(=O)O[C@H]2C[C@@]3(O)[C@@H](O)[C@@H]4[C@]5(O)CO[C@@H]5C[C@H](O)[C@@]4(C)C(=O)[C@H](OC(C)=O)C(=C2C)C3(C)C)[C@@H](NC(=O)c2ccccc2)c2ccccc2)O1. The number of ether oxygens (including phenoxy) is 7. The third-order valence-corrected chi connectivity index (χ3v) is 17.1. The summed E-state index contributed by atoms with van der Waals surface area (Å²) in [4.78, 5) is 70.9. The number of aliphatic hydroxyl groups is 4. The van der Waals surface area contributed by atoms with Crippen molar-refractivity contribution < 1.29 is 77.6 Å². The van der Waals surface area contributed by atoms with Crippen LogP contribution in [0.4, 0.5) is 4.79 Å². The molecule has 2 aliphatic heterocycles. The molecule has 1 amide bonds. The number of hydrogen-bond donors (Lipinski definition) is 5. The number of hydrogen-bond acceptors (Lipinski definition) is 16. The number of unbranched alkanes of at least 4 members (excludes halogenated alkanes) is 11. The highest BCUT2D eigenvalue weighted by Crippen LogP contribution is 2.63. The Balaban J connectivity index is 1.06. The van der Waals surface area contributed by atoms with Crippen molar-refractivity contribution in [2.75, 3.05) is 19.8 Å². The standard InChI is InChI=1S/C60H83NO16/c1-7-8-9-10-11-12-13-14-15-16-17-18-19-20-27-32-46-71-35-42(75-46)36-72-56(68)77-50(48(40-28-23-21-24-29-40)61-54(66)41-30-25-22-26-31-41)55(67)76-43-34-60(70)53(65)51-58(6,44(63)33-45-59(51,69)37-73-45)52(64)49(74-39(3)62)47(38(43)2)57(60,4)5/h14-15,21-26,28-31,42-46,48-51,53,63,65,69-70H,7-13,16-20,27,32-37H2,1-6H3,(H,61,66)/b15-14-/t42-,43-,44-,45+,46+,48-,49+,50+,51-,53-,58+,59-,60+/m0/s1. The van der Waals surface area contributed by atoms with E-state index in [2.05, 4.69) is 24.4 Å². The fraction of sp³-hybridized carbons (Fsp3) is 0.650. The second kappa shape index (κ2) is 26.3. The van der Waals surface area contributed by atoms with Gasteiger partial charge in [0.05, 0.1) is 36.9 Å². The Labute approximate surface area is 453 Å². The summed E-state index contributed by atoms with van der Waals surface area (Å²) in [6.45, 7) is 8.86. The Morgan fingerprint density at radius 1 is 0.831 bits per heavy atom. The van der Waals surface area contributed by atoms with E-state index in [4.69, 9.17) is 33.2 Å². The van der Waals surface area contributed by atoms with Gasteiger partial charge in [-0.15, -0.1) is 0 Å². The molecule has 13 atom stereocenters. The Morgan fingerprint density at radius 3 is 2.08 bits per heavy atom. The van der Waals surface area contributed by atoms with Crippen LogP contribution in [0, 0.1) is 16.7 Å². The van der Waals surface area contributed by atoms with Crippen LogP contribution in [0.5, 0.6) is 0 Å². The molecule has 17 heteroatoms. The molecule has 424 valence electrons. The highest BCUT2D eigenvalue weighted by atomic mass is 16.8. The van der Waals surface area contributed by atoms with Gasteiger partial charge in [0.15, 0.2) is 18.2 Å². The minimum absolute atomic E-state index is 0.00245. The fourth-order valence-corrected chi connectivity index (χ4v) is 12.4. The first-order valence-electron chi connectivity index (χ1n) is 28.0. The normalized spacial score (nSPS) is 31.2. The summed E-state index contributed by atoms with van der Waals surface area (Å²) in [5.74, 6) is -5.14. The quantitative estimate of drug-likeness (QED) is 0.0272. The lowest BCUT2D eigenvalue weighted by Crippen LogP contribution is -2.80. The Bertz CT molecular complexity index is 2390. The van der Waals surface area contributed by atoms with Crippen molar-refractivity contribution in [2.45, 2.75) is 211 Å². The molecular weight excluding hydrogens is 991 g/mol. The van der Waals surface area contributed by atoms with Gasteiger partial charge in [-0.2, -0.15) is 0 Å². The van der Waals surface area contributed by atoms with E-state index in [1.165, 1.54) is 52.4 Å². The van der Waals surface area contributed by atoms with Gasteiger partial charge < -0.3 is 58.9 Å². The van der Waals surface area contributed by atoms with Crippen molar-refractivity contribution in [1.82, 2.24) is 5.32 Å². The van der Waals surface area contributed by atoms with Crippen LogP contribution in [0.1, 0.15) is 166 Å². The van der Waals surface area contributed by atoms with E-state index >= 15 is 9.59 Å². The number of aliphatic hydroxyl groups excluding tert-OH is 2. The van der Waals surface area contributed by atoms with Crippen molar-refractivity contribution in [3.8, 4) is 0 Å². The number of Topliss-reactive ketones (excluding diaryl/α,β-unsaturated/α-hetero) is 1. The van der Waals surface area contributed by atoms with Crippen molar-refractivity contribution in [3.05, 3.63) is 95.1 Å². The zero-order valence-electron chi connectivity index (χ0n) is 45.8. The second-order valence-corrected chi connectivity index (χ2v) is 22.6. The maximum Gasteiger partial charge on any atom is 0.509 e. The first kappa shape index (κ1) is 59.6. The number of ketones is 1. The molecule has 17 nitrogen and oxygen atoms in total. The van der Waals surface area contributed by atoms with E-state index in [-0.39, 0.29) is 43.0 Å². The van der Waals surface area contributed by atoms with E-state index in [1.54, 1.807) is 74.5 Å². The lowest BCUT2D eigenvalue weighted by molar-refractivity contribution is -0.344. The molecular formula is C60H83NO16. The second-order valence-electron chi connectivity index (χ2n) is 22.6. The van der Waals surface area contributed by atoms with Crippen LogP contribution in [0.15, 0.2) is 84.0 Å². The molecule has 2 saturated carbocycles. The molecule has 2 bridgehead atoms. The summed E-state index contributed by atoms with van der Waals surface area (Å²) in [6, 6.07) is 15.0. The van der Waals surface area contributed by atoms with E-state index < -0.39 is 119 Å². The average molecular weight is 1070 g/mol. The third-order valence-electron chi connectivity index (χ3n) is 17.1. The monoisotopic (exact) mass is 1070 g/mol. The zero-order chi connectivity index (χ0) is 55.5. The molecule has 7 rings (SSSR count). The lowest BCUT2D eigenvalue weighted by atomic mass is 9.45. The van der Waals surface area contributed by atoms with Gasteiger partial charge in [-0.3, -0.25) is 14.4 Å². The molecule has 0 radical (unpaired) electrons. The maximum atomic E-state index is 15.1. The summed E-state index contributed by atoms with van der Waals surface area (Å²) < 4.78 is 41.1. The maximum absolute atomic E-state index is 15.1. The van der Waals surface area contributed by atoms with Crippen LogP contribution in [0.3, 0.4) is 0 Å². The lowest BCUT2D eigenvalue weighted by Gasteiger charge is -2.66. The summed E-state index contributed by atoms with van der Waals surface area (Å²) in [5, 5.41) is 52.4. The van der Waals surface area contributed by atoms with Crippen molar-refractivity contribution in [1.29, 1.82) is 0 Å². The topological polar surface area (TPSA) is 243 Å². The molecule has 0 spiro atoms. The molecule has 4 fully saturated rings. The fourth-order valence-electron chi connectivity index (χ4n) is 12.4. The minimum atomic E-state index is -2.37. The number of esters is 2. The Morgan fingerprint density at radius 2 is 1.45 bits per heavy atom. The van der Waals surface area contributed by atoms with Gasteiger partial charge in [0.1, 0.15) is 36.1 Å². The van der Waals surface area contributed by atoms with Gasteiger partial charge in [-0.25, -0.2) is 9.59 Å². The van der Waals surface area contributed by atoms with Crippen LogP contribution in [0.2, 0.25) is 0 Å². The molecule has 2 saturated heterocycles. The van der Waals surface area contributed by atoms with Gasteiger partial charge in [0.2, 0.25) is 6.10 Å². The third kappa shape index (κ3) is 13.2. The summed E-state index contributed by atoms with van der Waals surface area (Å²) in [5.41, 5.74) is -7.16. The van der Waals surface area contributed by atoms with Gasteiger partial charge in [0.25, 0.3) is 5.91 Å². The molecule has 0 unspecified atom stereocenters. The first-order chi connectivity index (χ1) is 36.8. The highest BCUT2D eigenvalue weighted by molar-refractivity contribution is 5.96. The number of fused-ring (bicyclic) bond motifs is 5. The Kier molecular flexibility index (Phi) is 20.4. The predicted octanol–water partition coefficient (Wildman–Crippen LogP) is 8.24. The van der Waals surface area contributed by atoms with E-state index in [0.29, 0.717) is 12.0 Å². The van der Waals surface area contributed by atoms with Crippen LogP contribution in [0.25, 0.3) is 0 Å². The van der Waals surface area contributed by atoms with E-state index in [0.717, 1.165) is 51.9 Å². The highest BCUT2D eigenvalue weighted by Gasteiger charge is 2.75. The summed E-state index contributed by atoms with van der Waals surface area (Å²) in [6.07, 6.45) is 7.83. The number of allylic oxidation sites excluding steroid dienone is 2. The molecule has 2 heterocycles. The largest absolute Gasteiger partial charge is 0.509 e. The minimum Gasteiger partial charge on any atom is -0.455 e.